The van der Waals surface area contributed by atoms with E-state index in [1.807, 2.05) is 42.2 Å². The van der Waals surface area contributed by atoms with Crippen molar-refractivity contribution in [2.45, 2.75) is 25.1 Å². The van der Waals surface area contributed by atoms with Gasteiger partial charge in [-0.2, -0.15) is 0 Å². The molecule has 1 aromatic heterocycles. The summed E-state index contributed by atoms with van der Waals surface area (Å²) in [4.78, 5) is 17.0. The number of hydrogen-bond donors (Lipinski definition) is 0. The first-order chi connectivity index (χ1) is 14.9. The van der Waals surface area contributed by atoms with Crippen molar-refractivity contribution in [3.63, 3.8) is 0 Å². The smallest absolute Gasteiger partial charge is 0.296 e. The Morgan fingerprint density at radius 2 is 1.97 bits per heavy atom. The number of amides is 1. The van der Waals surface area contributed by atoms with Crippen LogP contribution in [-0.4, -0.2) is 28.8 Å². The first kappa shape index (κ1) is 19.9. The number of benzene rings is 2. The lowest BCUT2D eigenvalue weighted by Gasteiger charge is -2.55. The standard InChI is InChI=1S/C23H19ClN2O4S/c1-23-13-17(16-5-3-6-18(28-2)20(16)30-23)25(21(27)19-7-4-12-29-19)22(31)26(23)15-10-8-14(24)9-11-15/h3-12,17H,13H2,1-2H3/t17-,23-/m0/s1. The van der Waals surface area contributed by atoms with Crippen molar-refractivity contribution in [2.24, 2.45) is 0 Å². The fraction of sp³-hybridized carbons (Fsp3) is 0.217. The number of nitrogens with zero attached hydrogens (tertiary/aromatic N) is 2. The van der Waals surface area contributed by atoms with Crippen molar-refractivity contribution < 1.29 is 18.7 Å². The third-order valence-corrected chi connectivity index (χ3v) is 6.33. The summed E-state index contributed by atoms with van der Waals surface area (Å²) in [6, 6.07) is 15.9. The molecule has 3 heterocycles. The van der Waals surface area contributed by atoms with Gasteiger partial charge >= 0.3 is 0 Å². The highest BCUT2D eigenvalue weighted by Gasteiger charge is 2.54. The largest absolute Gasteiger partial charge is 0.493 e. The van der Waals surface area contributed by atoms with E-state index < -0.39 is 5.72 Å². The van der Waals surface area contributed by atoms with E-state index in [-0.39, 0.29) is 17.7 Å². The van der Waals surface area contributed by atoms with Crippen LogP contribution in [0.2, 0.25) is 5.02 Å². The molecule has 2 bridgehead atoms. The SMILES string of the molecule is COc1cccc2c1O[C@@]1(C)C[C@@H]2N(C(=O)c2ccco2)C(=S)N1c1ccc(Cl)cc1. The molecule has 1 fully saturated rings. The Labute approximate surface area is 189 Å². The van der Waals surface area contributed by atoms with Crippen LogP contribution in [0.1, 0.15) is 35.5 Å². The third kappa shape index (κ3) is 3.07. The summed E-state index contributed by atoms with van der Waals surface area (Å²) in [5.74, 6) is 1.11. The molecule has 6 nitrogen and oxygen atoms in total. The summed E-state index contributed by atoms with van der Waals surface area (Å²) in [5.41, 5.74) is 0.776. The average Bonchev–Trinajstić information content (AvgIpc) is 3.29. The highest BCUT2D eigenvalue weighted by molar-refractivity contribution is 7.80. The van der Waals surface area contributed by atoms with Gasteiger partial charge in [0.15, 0.2) is 28.1 Å². The van der Waals surface area contributed by atoms with E-state index in [2.05, 4.69) is 0 Å². The van der Waals surface area contributed by atoms with Crippen LogP contribution in [0.5, 0.6) is 11.5 Å². The number of carbonyl (C=O) groups excluding carboxylic acids is 1. The van der Waals surface area contributed by atoms with Crippen molar-refractivity contribution in [3.05, 3.63) is 77.2 Å². The van der Waals surface area contributed by atoms with Crippen LogP contribution < -0.4 is 14.4 Å². The molecule has 5 rings (SSSR count). The van der Waals surface area contributed by atoms with Gasteiger partial charge in [0.25, 0.3) is 5.91 Å². The van der Waals surface area contributed by atoms with Gasteiger partial charge in [-0.05, 0) is 61.6 Å². The van der Waals surface area contributed by atoms with Crippen LogP contribution in [0.3, 0.4) is 0 Å². The lowest BCUT2D eigenvalue weighted by molar-refractivity contribution is 0.0152. The summed E-state index contributed by atoms with van der Waals surface area (Å²) in [7, 11) is 1.60. The predicted molar refractivity (Wildman–Crippen MR) is 121 cm³/mol. The summed E-state index contributed by atoms with van der Waals surface area (Å²) in [6.45, 7) is 1.96. The first-order valence-electron chi connectivity index (χ1n) is 9.76. The predicted octanol–water partition coefficient (Wildman–Crippen LogP) is 5.43. The van der Waals surface area contributed by atoms with Gasteiger partial charge in [-0.3, -0.25) is 14.6 Å². The molecular weight excluding hydrogens is 436 g/mol. The van der Waals surface area contributed by atoms with E-state index in [1.54, 1.807) is 36.3 Å². The zero-order valence-corrected chi connectivity index (χ0v) is 18.4. The van der Waals surface area contributed by atoms with Gasteiger partial charge in [0.05, 0.1) is 19.4 Å². The molecule has 0 spiro atoms. The minimum atomic E-state index is -0.836. The Balaban J connectivity index is 1.70. The number of hydrogen-bond acceptors (Lipinski definition) is 5. The molecule has 0 saturated carbocycles. The Bertz CT molecular complexity index is 1160. The zero-order valence-electron chi connectivity index (χ0n) is 16.9. The number of rotatable bonds is 3. The molecule has 3 aromatic rings. The average molecular weight is 455 g/mol. The monoisotopic (exact) mass is 454 g/mol. The molecular formula is C23H19ClN2O4S. The molecule has 1 saturated heterocycles. The number of furan rings is 1. The number of halogens is 1. The molecule has 2 aromatic carbocycles. The second-order valence-electron chi connectivity index (χ2n) is 7.62. The zero-order chi connectivity index (χ0) is 21.8. The van der Waals surface area contributed by atoms with Gasteiger partial charge in [0, 0.05) is 22.7 Å². The number of anilines is 1. The number of para-hydroxylation sites is 1. The van der Waals surface area contributed by atoms with Gasteiger partial charge in [0.1, 0.15) is 0 Å². The van der Waals surface area contributed by atoms with E-state index in [9.17, 15) is 4.79 Å². The van der Waals surface area contributed by atoms with Crippen molar-refractivity contribution in [1.82, 2.24) is 4.90 Å². The molecule has 0 radical (unpaired) electrons. The quantitative estimate of drug-likeness (QED) is 0.492. The number of carbonyl (C=O) groups is 1. The molecule has 8 heteroatoms. The molecule has 158 valence electrons. The van der Waals surface area contributed by atoms with Crippen LogP contribution in [0.25, 0.3) is 0 Å². The lowest BCUT2D eigenvalue weighted by Crippen LogP contribution is -2.67. The minimum absolute atomic E-state index is 0.220. The molecule has 0 aliphatic carbocycles. The fourth-order valence-electron chi connectivity index (χ4n) is 4.33. The highest BCUT2D eigenvalue weighted by Crippen LogP contribution is 2.52. The summed E-state index contributed by atoms with van der Waals surface area (Å²) in [5, 5.41) is 0.936. The Hall–Kier alpha value is -3.03. The molecule has 0 N–H and O–H groups in total. The van der Waals surface area contributed by atoms with Crippen LogP contribution in [0, 0.1) is 0 Å². The Kier molecular flexibility index (Phi) is 4.68. The molecule has 0 unspecified atom stereocenters. The molecule has 31 heavy (non-hydrogen) atoms. The first-order valence-corrected chi connectivity index (χ1v) is 10.5. The van der Waals surface area contributed by atoms with Crippen LogP contribution >= 0.6 is 23.8 Å². The van der Waals surface area contributed by atoms with Gasteiger partial charge in [-0.25, -0.2) is 0 Å². The normalized spacial score (nSPS) is 22.0. The van der Waals surface area contributed by atoms with Gasteiger partial charge in [0.2, 0.25) is 0 Å². The number of fused-ring (bicyclic) bond motifs is 4. The number of methoxy groups -OCH3 is 1. The van der Waals surface area contributed by atoms with Crippen LogP contribution in [0.15, 0.2) is 65.3 Å². The van der Waals surface area contributed by atoms with Crippen molar-refractivity contribution in [3.8, 4) is 11.5 Å². The summed E-state index contributed by atoms with van der Waals surface area (Å²) < 4.78 is 17.5. The maximum Gasteiger partial charge on any atom is 0.296 e. The third-order valence-electron chi connectivity index (χ3n) is 5.70. The Morgan fingerprint density at radius 1 is 1.19 bits per heavy atom. The number of thiocarbonyl (C=S) groups is 1. The number of ether oxygens (including phenoxy) is 2. The van der Waals surface area contributed by atoms with Gasteiger partial charge in [-0.1, -0.05) is 23.7 Å². The minimum Gasteiger partial charge on any atom is -0.493 e. The molecule has 1 amide bonds. The molecule has 2 aliphatic rings. The van der Waals surface area contributed by atoms with E-state index in [0.717, 1.165) is 11.3 Å². The molecule has 2 aliphatic heterocycles. The lowest BCUT2D eigenvalue weighted by atomic mass is 9.88. The van der Waals surface area contributed by atoms with E-state index >= 15 is 0 Å². The summed E-state index contributed by atoms with van der Waals surface area (Å²) in [6.07, 6.45) is 1.98. The molecule has 2 atom stereocenters. The summed E-state index contributed by atoms with van der Waals surface area (Å²) >= 11 is 12.0. The van der Waals surface area contributed by atoms with E-state index in [4.69, 9.17) is 37.7 Å². The topological polar surface area (TPSA) is 55.2 Å². The second kappa shape index (κ2) is 7.28. The maximum absolute atomic E-state index is 13.5. The highest BCUT2D eigenvalue weighted by atomic mass is 35.5. The van der Waals surface area contributed by atoms with Crippen molar-refractivity contribution in [2.75, 3.05) is 12.0 Å². The van der Waals surface area contributed by atoms with E-state index in [1.165, 1.54) is 6.26 Å². The van der Waals surface area contributed by atoms with Crippen LogP contribution in [0.4, 0.5) is 5.69 Å². The maximum atomic E-state index is 13.5. The van der Waals surface area contributed by atoms with E-state index in [0.29, 0.717) is 28.1 Å². The Morgan fingerprint density at radius 3 is 2.65 bits per heavy atom. The second-order valence-corrected chi connectivity index (χ2v) is 8.42. The van der Waals surface area contributed by atoms with Crippen LogP contribution in [-0.2, 0) is 0 Å². The van der Waals surface area contributed by atoms with Crippen molar-refractivity contribution in [1.29, 1.82) is 0 Å². The van der Waals surface area contributed by atoms with Gasteiger partial charge in [-0.15, -0.1) is 0 Å². The van der Waals surface area contributed by atoms with Crippen molar-refractivity contribution >= 4 is 40.5 Å². The van der Waals surface area contributed by atoms with Gasteiger partial charge < -0.3 is 13.9 Å². The fourth-order valence-corrected chi connectivity index (χ4v) is 4.96.